The Kier molecular flexibility index (Phi) is 5.61. The molecule has 0 spiro atoms. The van der Waals surface area contributed by atoms with Crippen molar-refractivity contribution in [2.24, 2.45) is 0 Å². The maximum Gasteiger partial charge on any atom is 0.240 e. The third kappa shape index (κ3) is 4.69. The van der Waals surface area contributed by atoms with Gasteiger partial charge in [-0.2, -0.15) is 0 Å². The lowest BCUT2D eigenvalue weighted by Gasteiger charge is -2.22. The molecule has 1 aromatic carbocycles. The average Bonchev–Trinajstić information content (AvgIpc) is 2.47. The monoisotopic (exact) mass is 312 g/mol. The first-order chi connectivity index (χ1) is 9.99. The van der Waals surface area contributed by atoms with E-state index in [0.29, 0.717) is 18.4 Å². The molecule has 5 nitrogen and oxygen atoms in total. The fraction of sp³-hybridized carbons (Fsp3) is 0.600. The van der Waals surface area contributed by atoms with Crippen LogP contribution in [0.2, 0.25) is 0 Å². The van der Waals surface area contributed by atoms with Crippen molar-refractivity contribution < 1.29 is 13.2 Å². The first-order valence-electron chi connectivity index (χ1n) is 7.46. The smallest absolute Gasteiger partial charge is 0.240 e. The van der Waals surface area contributed by atoms with E-state index in [1.165, 1.54) is 25.3 Å². The highest BCUT2D eigenvalue weighted by molar-refractivity contribution is 7.89. The van der Waals surface area contributed by atoms with Crippen LogP contribution in [0.1, 0.15) is 37.7 Å². The predicted octanol–water partition coefficient (Wildman–Crippen LogP) is 2.20. The summed E-state index contributed by atoms with van der Waals surface area (Å²) in [5.74, 6) is 0. The van der Waals surface area contributed by atoms with E-state index in [1.807, 2.05) is 6.92 Å². The van der Waals surface area contributed by atoms with Crippen LogP contribution in [0.5, 0.6) is 0 Å². The molecule has 0 radical (unpaired) electrons. The van der Waals surface area contributed by atoms with Gasteiger partial charge in [0.2, 0.25) is 10.0 Å². The molecular weight excluding hydrogens is 288 g/mol. The molecule has 1 aliphatic carbocycles. The highest BCUT2D eigenvalue weighted by Crippen LogP contribution is 2.20. The van der Waals surface area contributed by atoms with Crippen molar-refractivity contribution in [2.45, 2.75) is 50.0 Å². The lowest BCUT2D eigenvalue weighted by molar-refractivity contribution is 0.0321. The number of nitrogens with one attached hydrogen (secondary N) is 1. The molecule has 2 rings (SSSR count). The summed E-state index contributed by atoms with van der Waals surface area (Å²) < 4.78 is 32.5. The van der Waals surface area contributed by atoms with Gasteiger partial charge in [-0.3, -0.25) is 0 Å². The lowest BCUT2D eigenvalue weighted by atomic mass is 9.98. The van der Waals surface area contributed by atoms with Crippen molar-refractivity contribution in [2.75, 3.05) is 18.9 Å². The van der Waals surface area contributed by atoms with Crippen LogP contribution in [-0.2, 0) is 14.8 Å². The van der Waals surface area contributed by atoms with Crippen molar-refractivity contribution >= 4 is 15.7 Å². The van der Waals surface area contributed by atoms with E-state index in [1.54, 1.807) is 12.1 Å². The minimum Gasteiger partial charge on any atom is -0.398 e. The number of anilines is 1. The van der Waals surface area contributed by atoms with E-state index in [2.05, 4.69) is 4.72 Å². The average molecular weight is 312 g/mol. The van der Waals surface area contributed by atoms with Crippen LogP contribution in [0, 0.1) is 6.92 Å². The van der Waals surface area contributed by atoms with E-state index in [0.717, 1.165) is 18.4 Å². The van der Waals surface area contributed by atoms with E-state index in [4.69, 9.17) is 10.5 Å². The number of hydrogen-bond donors (Lipinski definition) is 2. The minimum absolute atomic E-state index is 0.197. The summed E-state index contributed by atoms with van der Waals surface area (Å²) in [6.45, 7) is 2.54. The number of hydrogen-bond acceptors (Lipinski definition) is 4. The van der Waals surface area contributed by atoms with Gasteiger partial charge in [-0.25, -0.2) is 13.1 Å². The topological polar surface area (TPSA) is 81.4 Å². The van der Waals surface area contributed by atoms with Crippen LogP contribution in [-0.4, -0.2) is 27.7 Å². The number of nitrogen functional groups attached to an aromatic ring is 1. The fourth-order valence-corrected chi connectivity index (χ4v) is 3.55. The van der Waals surface area contributed by atoms with Gasteiger partial charge in [-0.1, -0.05) is 25.3 Å². The summed E-state index contributed by atoms with van der Waals surface area (Å²) >= 11 is 0. The number of ether oxygens (including phenoxy) is 1. The van der Waals surface area contributed by atoms with Crippen LogP contribution < -0.4 is 10.5 Å². The van der Waals surface area contributed by atoms with Gasteiger partial charge in [0.05, 0.1) is 17.6 Å². The Balaban J connectivity index is 1.82. The van der Waals surface area contributed by atoms with Gasteiger partial charge < -0.3 is 10.5 Å². The van der Waals surface area contributed by atoms with Crippen LogP contribution in [0.15, 0.2) is 23.1 Å². The maximum absolute atomic E-state index is 12.1. The largest absolute Gasteiger partial charge is 0.398 e. The Bertz CT molecular complexity index is 566. The molecule has 0 unspecified atom stereocenters. The fourth-order valence-electron chi connectivity index (χ4n) is 2.50. The summed E-state index contributed by atoms with van der Waals surface area (Å²) in [5, 5.41) is 0. The number of nitrogens with two attached hydrogens (primary N) is 1. The van der Waals surface area contributed by atoms with Crippen LogP contribution in [0.4, 0.5) is 5.69 Å². The summed E-state index contributed by atoms with van der Waals surface area (Å²) in [5.41, 5.74) is 7.11. The van der Waals surface area contributed by atoms with Crippen molar-refractivity contribution in [3.8, 4) is 0 Å². The van der Waals surface area contributed by atoms with E-state index in [-0.39, 0.29) is 11.4 Å². The molecule has 0 aliphatic heterocycles. The van der Waals surface area contributed by atoms with Crippen LogP contribution in [0.25, 0.3) is 0 Å². The first kappa shape index (κ1) is 16.3. The minimum atomic E-state index is -3.51. The second-order valence-electron chi connectivity index (χ2n) is 5.55. The molecule has 21 heavy (non-hydrogen) atoms. The summed E-state index contributed by atoms with van der Waals surface area (Å²) in [7, 11) is -3.51. The number of benzene rings is 1. The van der Waals surface area contributed by atoms with E-state index >= 15 is 0 Å². The molecule has 1 saturated carbocycles. The number of sulfonamides is 1. The Hall–Kier alpha value is -1.11. The molecule has 0 saturated heterocycles. The lowest BCUT2D eigenvalue weighted by Crippen LogP contribution is -2.29. The Labute approximate surface area is 126 Å². The normalized spacial score (nSPS) is 17.0. The predicted molar refractivity (Wildman–Crippen MR) is 83.6 cm³/mol. The Morgan fingerprint density at radius 1 is 1.29 bits per heavy atom. The highest BCUT2D eigenvalue weighted by atomic mass is 32.2. The molecule has 1 fully saturated rings. The van der Waals surface area contributed by atoms with Crippen molar-refractivity contribution in [1.29, 1.82) is 0 Å². The third-order valence-corrected chi connectivity index (χ3v) is 5.32. The number of rotatable bonds is 6. The summed E-state index contributed by atoms with van der Waals surface area (Å²) in [6.07, 6.45) is 6.15. The van der Waals surface area contributed by atoms with Gasteiger partial charge in [0, 0.05) is 12.2 Å². The van der Waals surface area contributed by atoms with E-state index < -0.39 is 10.0 Å². The second-order valence-corrected chi connectivity index (χ2v) is 7.31. The Morgan fingerprint density at radius 2 is 2.00 bits per heavy atom. The Morgan fingerprint density at radius 3 is 2.67 bits per heavy atom. The molecule has 6 heteroatoms. The molecule has 0 atom stereocenters. The molecule has 0 bridgehead atoms. The highest BCUT2D eigenvalue weighted by Gasteiger charge is 2.16. The maximum atomic E-state index is 12.1. The van der Waals surface area contributed by atoms with E-state index in [9.17, 15) is 8.42 Å². The van der Waals surface area contributed by atoms with Crippen molar-refractivity contribution in [3.63, 3.8) is 0 Å². The quantitative estimate of drug-likeness (QED) is 0.623. The molecule has 1 aromatic rings. The standard InChI is InChI=1S/C15H24N2O3S/c1-12-7-8-14(11-15(12)16)21(18,19)17-9-10-20-13-5-3-2-4-6-13/h7-8,11,13,17H,2-6,9-10,16H2,1H3. The van der Waals surface area contributed by atoms with Gasteiger partial charge in [-0.05, 0) is 37.5 Å². The van der Waals surface area contributed by atoms with Gasteiger partial charge >= 0.3 is 0 Å². The molecule has 0 amide bonds. The second kappa shape index (κ2) is 7.24. The zero-order chi connectivity index (χ0) is 15.3. The molecular formula is C15H24N2O3S. The van der Waals surface area contributed by atoms with Crippen LogP contribution in [0.3, 0.4) is 0 Å². The molecule has 3 N–H and O–H groups in total. The molecule has 118 valence electrons. The third-order valence-electron chi connectivity index (χ3n) is 3.86. The summed E-state index contributed by atoms with van der Waals surface area (Å²) in [4.78, 5) is 0.197. The van der Waals surface area contributed by atoms with Crippen molar-refractivity contribution in [1.82, 2.24) is 4.72 Å². The van der Waals surface area contributed by atoms with Gasteiger partial charge in [0.15, 0.2) is 0 Å². The van der Waals surface area contributed by atoms with Crippen molar-refractivity contribution in [3.05, 3.63) is 23.8 Å². The van der Waals surface area contributed by atoms with Gasteiger partial charge in [0.1, 0.15) is 0 Å². The summed E-state index contributed by atoms with van der Waals surface area (Å²) in [6, 6.07) is 4.76. The number of aryl methyl sites for hydroxylation is 1. The molecule has 0 heterocycles. The van der Waals surface area contributed by atoms with Gasteiger partial charge in [-0.15, -0.1) is 0 Å². The zero-order valence-electron chi connectivity index (χ0n) is 12.5. The molecule has 1 aliphatic rings. The molecule has 0 aromatic heterocycles. The zero-order valence-corrected chi connectivity index (χ0v) is 13.3. The first-order valence-corrected chi connectivity index (χ1v) is 8.95. The SMILES string of the molecule is Cc1ccc(S(=O)(=O)NCCOC2CCCCC2)cc1N. The van der Waals surface area contributed by atoms with Crippen LogP contribution >= 0.6 is 0 Å². The van der Waals surface area contributed by atoms with Gasteiger partial charge in [0.25, 0.3) is 0 Å².